The summed E-state index contributed by atoms with van der Waals surface area (Å²) in [6, 6.07) is 4.93. The van der Waals surface area contributed by atoms with Crippen molar-refractivity contribution < 1.29 is 19.4 Å². The number of esters is 1. The first-order chi connectivity index (χ1) is 11.1. The fraction of sp³-hybridized carbons (Fsp3) is 0. The van der Waals surface area contributed by atoms with Crippen LogP contribution in [0.25, 0.3) is 10.4 Å². The number of aromatic nitrogens is 2. The molecule has 0 unspecified atom stereocenters. The first-order valence-electron chi connectivity index (χ1n) is 6.13. The summed E-state index contributed by atoms with van der Waals surface area (Å²) in [7, 11) is 0. The zero-order chi connectivity index (χ0) is 16.8. The van der Waals surface area contributed by atoms with Gasteiger partial charge in [-0.25, -0.2) is 14.6 Å². The third kappa shape index (κ3) is 3.48. The number of carboxylic acid groups (broad SMARTS) is 1. The van der Waals surface area contributed by atoms with E-state index < -0.39 is 11.9 Å². The number of rotatable bonds is 5. The summed E-state index contributed by atoms with van der Waals surface area (Å²) in [4.78, 5) is 34.3. The predicted octanol–water partition coefficient (Wildman–Crippen LogP) is 2.60. The van der Waals surface area contributed by atoms with Crippen LogP contribution in [0.4, 0.5) is 0 Å². The quantitative estimate of drug-likeness (QED) is 0.393. The monoisotopic (exact) mass is 327 g/mol. The van der Waals surface area contributed by atoms with Crippen LogP contribution in [0.15, 0.2) is 49.1 Å². The molecule has 0 saturated heterocycles. The standard InChI is InChI=1S/C15H9N3O4S/c1-3-22-15(21)12(16-2)11(9-6-4-5-7-17-9)13-18-8-10(23-13)14(19)20/h3-8H,1H2,(H,19,20)/b12-11-. The van der Waals surface area contributed by atoms with Crippen LogP contribution in [-0.4, -0.2) is 27.0 Å². The van der Waals surface area contributed by atoms with Crippen molar-refractivity contribution in [1.82, 2.24) is 9.97 Å². The van der Waals surface area contributed by atoms with Gasteiger partial charge in [-0.3, -0.25) is 9.78 Å². The van der Waals surface area contributed by atoms with Gasteiger partial charge in [-0.2, -0.15) is 0 Å². The molecule has 0 atom stereocenters. The van der Waals surface area contributed by atoms with Crippen molar-refractivity contribution in [3.8, 4) is 0 Å². The lowest BCUT2D eigenvalue weighted by Crippen LogP contribution is -2.06. The highest BCUT2D eigenvalue weighted by atomic mass is 32.1. The van der Waals surface area contributed by atoms with E-state index in [1.165, 1.54) is 6.20 Å². The Balaban J connectivity index is 2.69. The molecule has 0 radical (unpaired) electrons. The van der Waals surface area contributed by atoms with Gasteiger partial charge in [0.1, 0.15) is 9.88 Å². The van der Waals surface area contributed by atoms with Crippen molar-refractivity contribution >= 4 is 28.8 Å². The smallest absolute Gasteiger partial charge is 0.347 e. The van der Waals surface area contributed by atoms with Gasteiger partial charge in [-0.05, 0) is 12.1 Å². The predicted molar refractivity (Wildman–Crippen MR) is 82.2 cm³/mol. The van der Waals surface area contributed by atoms with E-state index in [9.17, 15) is 9.59 Å². The van der Waals surface area contributed by atoms with E-state index in [-0.39, 0.29) is 21.2 Å². The summed E-state index contributed by atoms with van der Waals surface area (Å²) in [5, 5.41) is 9.20. The Morgan fingerprint density at radius 1 is 1.39 bits per heavy atom. The van der Waals surface area contributed by atoms with E-state index in [1.54, 1.807) is 18.2 Å². The molecule has 2 rings (SSSR count). The molecule has 1 N–H and O–H groups in total. The van der Waals surface area contributed by atoms with Crippen LogP contribution in [0.3, 0.4) is 0 Å². The number of carbonyl (C=O) groups is 2. The molecule has 0 spiro atoms. The molecule has 23 heavy (non-hydrogen) atoms. The van der Waals surface area contributed by atoms with E-state index in [1.807, 2.05) is 0 Å². The lowest BCUT2D eigenvalue weighted by Gasteiger charge is -2.06. The van der Waals surface area contributed by atoms with Gasteiger partial charge in [0.05, 0.1) is 24.7 Å². The number of ether oxygens (including phenoxy) is 1. The zero-order valence-corrected chi connectivity index (χ0v) is 12.4. The Hall–Kier alpha value is -3.31. The third-order valence-electron chi connectivity index (χ3n) is 2.58. The SMILES string of the molecule is [C-]#[N+]/C(C(=O)OC=C)=C(/c1ccccn1)c1ncc(C(=O)O)s1. The highest BCUT2D eigenvalue weighted by molar-refractivity contribution is 7.14. The molecule has 7 nitrogen and oxygen atoms in total. The van der Waals surface area contributed by atoms with E-state index in [2.05, 4.69) is 26.1 Å². The van der Waals surface area contributed by atoms with Gasteiger partial charge in [0.15, 0.2) is 0 Å². The van der Waals surface area contributed by atoms with E-state index in [4.69, 9.17) is 11.7 Å². The van der Waals surface area contributed by atoms with Crippen molar-refractivity contribution in [3.63, 3.8) is 0 Å². The summed E-state index contributed by atoms with van der Waals surface area (Å²) in [6.45, 7) is 10.5. The Labute approximate surface area is 135 Å². The third-order valence-corrected chi connectivity index (χ3v) is 3.59. The minimum absolute atomic E-state index is 0.0187. The Morgan fingerprint density at radius 2 is 2.17 bits per heavy atom. The molecule has 0 bridgehead atoms. The van der Waals surface area contributed by atoms with Crippen molar-refractivity contribution in [1.29, 1.82) is 0 Å². The zero-order valence-electron chi connectivity index (χ0n) is 11.6. The Morgan fingerprint density at radius 3 is 2.70 bits per heavy atom. The summed E-state index contributed by atoms with van der Waals surface area (Å²) < 4.78 is 4.66. The number of hydrogen-bond acceptors (Lipinski definition) is 6. The Kier molecular flexibility index (Phi) is 4.96. The van der Waals surface area contributed by atoms with Gasteiger partial charge in [0.2, 0.25) is 0 Å². The molecule has 0 aliphatic heterocycles. The van der Waals surface area contributed by atoms with Crippen molar-refractivity contribution in [2.45, 2.75) is 0 Å². The van der Waals surface area contributed by atoms with Crippen LogP contribution in [0.1, 0.15) is 20.4 Å². The van der Waals surface area contributed by atoms with E-state index in [0.29, 0.717) is 5.69 Å². The number of carboxylic acids is 1. The van der Waals surface area contributed by atoms with Gasteiger partial charge >= 0.3 is 11.9 Å². The average Bonchev–Trinajstić information content (AvgIpc) is 3.03. The van der Waals surface area contributed by atoms with Gasteiger partial charge in [-0.15, -0.1) is 11.3 Å². The van der Waals surface area contributed by atoms with Gasteiger partial charge in [0.25, 0.3) is 5.70 Å². The van der Waals surface area contributed by atoms with Crippen LogP contribution < -0.4 is 0 Å². The number of pyridine rings is 1. The maximum absolute atomic E-state index is 12.0. The summed E-state index contributed by atoms with van der Waals surface area (Å²) in [6.07, 6.45) is 3.56. The fourth-order valence-electron chi connectivity index (χ4n) is 1.67. The minimum Gasteiger partial charge on any atom is -0.477 e. The number of nitrogens with zero attached hydrogens (tertiary/aromatic N) is 3. The second-order valence-electron chi connectivity index (χ2n) is 3.96. The molecule has 8 heteroatoms. The van der Waals surface area contributed by atoms with Crippen LogP contribution in [0.5, 0.6) is 0 Å². The molecular weight excluding hydrogens is 318 g/mol. The van der Waals surface area contributed by atoms with Crippen LogP contribution in [0.2, 0.25) is 0 Å². The molecule has 2 heterocycles. The maximum atomic E-state index is 12.0. The largest absolute Gasteiger partial charge is 0.477 e. The van der Waals surface area contributed by atoms with Gasteiger partial charge < -0.3 is 9.84 Å². The lowest BCUT2D eigenvalue weighted by molar-refractivity contribution is -0.133. The van der Waals surface area contributed by atoms with Crippen LogP contribution >= 0.6 is 11.3 Å². The van der Waals surface area contributed by atoms with Gasteiger partial charge in [0, 0.05) is 11.8 Å². The number of hydrogen-bond donors (Lipinski definition) is 1. The average molecular weight is 327 g/mol. The summed E-state index contributed by atoms with van der Waals surface area (Å²) in [5.41, 5.74) is 0.0747. The normalized spacial score (nSPS) is 11.1. The highest BCUT2D eigenvalue weighted by Crippen LogP contribution is 2.30. The molecule has 0 saturated carbocycles. The molecule has 0 aliphatic rings. The number of thiazole rings is 1. The molecule has 2 aromatic heterocycles. The maximum Gasteiger partial charge on any atom is 0.347 e. The summed E-state index contributed by atoms with van der Waals surface area (Å²) in [5.74, 6) is -2.06. The number of aromatic carboxylic acids is 1. The molecule has 0 fully saturated rings. The first kappa shape index (κ1) is 16.1. The minimum atomic E-state index is -1.15. The van der Waals surface area contributed by atoms with Crippen molar-refractivity contribution in [3.05, 3.63) is 76.1 Å². The van der Waals surface area contributed by atoms with E-state index >= 15 is 0 Å². The number of carbonyl (C=O) groups excluding carboxylic acids is 1. The molecule has 0 aromatic carbocycles. The Bertz CT molecular complexity index is 834. The van der Waals surface area contributed by atoms with E-state index in [0.717, 1.165) is 23.8 Å². The molecule has 0 aliphatic carbocycles. The second kappa shape index (κ2) is 7.11. The van der Waals surface area contributed by atoms with Crippen LogP contribution in [-0.2, 0) is 9.53 Å². The van der Waals surface area contributed by atoms with Crippen LogP contribution in [0, 0.1) is 6.57 Å². The molecule has 2 aromatic rings. The fourth-order valence-corrected chi connectivity index (χ4v) is 2.48. The molecular formula is C15H9N3O4S. The van der Waals surface area contributed by atoms with Crippen molar-refractivity contribution in [2.24, 2.45) is 0 Å². The summed E-state index contributed by atoms with van der Waals surface area (Å²) >= 11 is 0.838. The second-order valence-corrected chi connectivity index (χ2v) is 4.99. The topological polar surface area (TPSA) is 93.7 Å². The lowest BCUT2D eigenvalue weighted by atomic mass is 10.1. The first-order valence-corrected chi connectivity index (χ1v) is 6.94. The highest BCUT2D eigenvalue weighted by Gasteiger charge is 2.24. The molecule has 0 amide bonds. The van der Waals surface area contributed by atoms with Crippen molar-refractivity contribution in [2.75, 3.05) is 0 Å². The molecule has 114 valence electrons. The van der Waals surface area contributed by atoms with Gasteiger partial charge in [-0.1, -0.05) is 12.6 Å².